The van der Waals surface area contributed by atoms with E-state index in [9.17, 15) is 14.9 Å². The van der Waals surface area contributed by atoms with Crippen molar-refractivity contribution in [1.82, 2.24) is 5.43 Å². The van der Waals surface area contributed by atoms with Gasteiger partial charge < -0.3 is 4.74 Å². The number of carbonyl (C=O) groups is 1. The number of benzene rings is 2. The van der Waals surface area contributed by atoms with Crippen LogP contribution in [0, 0.1) is 10.1 Å². The highest BCUT2D eigenvalue weighted by Crippen LogP contribution is 2.16. The maximum absolute atomic E-state index is 11.9. The third-order valence-corrected chi connectivity index (χ3v) is 3.24. The lowest BCUT2D eigenvalue weighted by Crippen LogP contribution is -2.33. The number of amides is 1. The fourth-order valence-corrected chi connectivity index (χ4v) is 1.84. The molecule has 2 aromatic carbocycles. The van der Waals surface area contributed by atoms with E-state index in [1.54, 1.807) is 31.2 Å². The van der Waals surface area contributed by atoms with E-state index in [2.05, 4.69) is 10.5 Å². The SMILES string of the molecule is CC(Oc1ccc(Cl)cc1)C(=O)N/N=C/c1ccc([N+](=O)[O-])cc1. The van der Waals surface area contributed by atoms with Crippen molar-refractivity contribution in [1.29, 1.82) is 0 Å². The third-order valence-electron chi connectivity index (χ3n) is 2.99. The Morgan fingerprint density at radius 3 is 2.46 bits per heavy atom. The first-order chi connectivity index (χ1) is 11.5. The van der Waals surface area contributed by atoms with Crippen molar-refractivity contribution in [3.63, 3.8) is 0 Å². The molecule has 1 unspecified atom stereocenters. The number of non-ortho nitro benzene ring substituents is 1. The number of carbonyl (C=O) groups excluding carboxylic acids is 1. The van der Waals surface area contributed by atoms with E-state index in [0.717, 1.165) is 0 Å². The third kappa shape index (κ3) is 5.06. The number of halogens is 1. The maximum atomic E-state index is 11.9. The van der Waals surface area contributed by atoms with Crippen LogP contribution in [0.2, 0.25) is 5.02 Å². The Labute approximate surface area is 143 Å². The lowest BCUT2D eigenvalue weighted by atomic mass is 10.2. The summed E-state index contributed by atoms with van der Waals surface area (Å²) in [7, 11) is 0. The summed E-state index contributed by atoms with van der Waals surface area (Å²) in [5, 5.41) is 14.9. The molecule has 0 heterocycles. The minimum atomic E-state index is -0.750. The average Bonchev–Trinajstić information content (AvgIpc) is 2.57. The minimum Gasteiger partial charge on any atom is -0.481 e. The van der Waals surface area contributed by atoms with Crippen LogP contribution >= 0.6 is 11.6 Å². The summed E-state index contributed by atoms with van der Waals surface area (Å²) < 4.78 is 5.46. The van der Waals surface area contributed by atoms with Crippen LogP contribution in [0.5, 0.6) is 5.75 Å². The normalized spacial score (nSPS) is 11.9. The second kappa shape index (κ2) is 8.07. The molecular weight excluding hydrogens is 334 g/mol. The zero-order chi connectivity index (χ0) is 17.5. The lowest BCUT2D eigenvalue weighted by molar-refractivity contribution is -0.384. The van der Waals surface area contributed by atoms with E-state index in [1.165, 1.54) is 30.5 Å². The van der Waals surface area contributed by atoms with Crippen LogP contribution in [-0.4, -0.2) is 23.1 Å². The van der Waals surface area contributed by atoms with Gasteiger partial charge in [0.05, 0.1) is 11.1 Å². The first-order valence-corrected chi connectivity index (χ1v) is 7.33. The summed E-state index contributed by atoms with van der Waals surface area (Å²) >= 11 is 5.77. The number of nitrogens with one attached hydrogen (secondary N) is 1. The predicted octanol–water partition coefficient (Wildman–Crippen LogP) is 3.17. The minimum absolute atomic E-state index is 0.0128. The second-order valence-corrected chi connectivity index (χ2v) is 5.23. The zero-order valence-electron chi connectivity index (χ0n) is 12.7. The molecule has 1 amide bonds. The summed E-state index contributed by atoms with van der Waals surface area (Å²) in [5.41, 5.74) is 2.95. The lowest BCUT2D eigenvalue weighted by Gasteiger charge is -2.12. The Hall–Kier alpha value is -2.93. The Morgan fingerprint density at radius 1 is 1.25 bits per heavy atom. The van der Waals surface area contributed by atoms with Gasteiger partial charge in [0.1, 0.15) is 5.75 Å². The number of hydrazone groups is 1. The molecule has 0 aromatic heterocycles. The van der Waals surface area contributed by atoms with Gasteiger partial charge in [-0.3, -0.25) is 14.9 Å². The van der Waals surface area contributed by atoms with E-state index in [4.69, 9.17) is 16.3 Å². The summed E-state index contributed by atoms with van der Waals surface area (Å²) in [6, 6.07) is 12.4. The monoisotopic (exact) mass is 347 g/mol. The van der Waals surface area contributed by atoms with E-state index < -0.39 is 16.9 Å². The molecule has 2 aromatic rings. The van der Waals surface area contributed by atoms with Gasteiger partial charge in [-0.2, -0.15) is 5.10 Å². The summed E-state index contributed by atoms with van der Waals surface area (Å²) in [5.74, 6) is 0.0875. The molecule has 0 spiro atoms. The molecule has 0 radical (unpaired) electrons. The van der Waals surface area contributed by atoms with Crippen LogP contribution < -0.4 is 10.2 Å². The van der Waals surface area contributed by atoms with Crippen molar-refractivity contribution in [3.8, 4) is 5.75 Å². The van der Waals surface area contributed by atoms with Gasteiger partial charge in [-0.05, 0) is 48.9 Å². The first-order valence-electron chi connectivity index (χ1n) is 6.95. The molecule has 24 heavy (non-hydrogen) atoms. The van der Waals surface area contributed by atoms with Gasteiger partial charge in [0.25, 0.3) is 11.6 Å². The van der Waals surface area contributed by atoms with Gasteiger partial charge in [-0.25, -0.2) is 5.43 Å². The number of nitro benzene ring substituents is 1. The van der Waals surface area contributed by atoms with Gasteiger partial charge in [-0.15, -0.1) is 0 Å². The Kier molecular flexibility index (Phi) is 5.86. The van der Waals surface area contributed by atoms with Crippen molar-refractivity contribution in [2.75, 3.05) is 0 Å². The van der Waals surface area contributed by atoms with Crippen LogP contribution in [-0.2, 0) is 4.79 Å². The van der Waals surface area contributed by atoms with Gasteiger partial charge in [0, 0.05) is 17.2 Å². The van der Waals surface area contributed by atoms with Gasteiger partial charge in [0.2, 0.25) is 0 Å². The average molecular weight is 348 g/mol. The molecule has 0 saturated carbocycles. The number of ether oxygens (including phenoxy) is 1. The highest BCUT2D eigenvalue weighted by Gasteiger charge is 2.13. The van der Waals surface area contributed by atoms with Crippen molar-refractivity contribution in [2.45, 2.75) is 13.0 Å². The number of nitro groups is 1. The molecular formula is C16H14ClN3O4. The molecule has 124 valence electrons. The highest BCUT2D eigenvalue weighted by molar-refractivity contribution is 6.30. The molecule has 0 aliphatic carbocycles. The maximum Gasteiger partial charge on any atom is 0.280 e. The Balaban J connectivity index is 1.87. The van der Waals surface area contributed by atoms with Crippen LogP contribution in [0.4, 0.5) is 5.69 Å². The number of hydrogen-bond acceptors (Lipinski definition) is 5. The number of nitrogens with zero attached hydrogens (tertiary/aromatic N) is 2. The predicted molar refractivity (Wildman–Crippen MR) is 90.4 cm³/mol. The highest BCUT2D eigenvalue weighted by atomic mass is 35.5. The molecule has 0 bridgehead atoms. The van der Waals surface area contributed by atoms with Gasteiger partial charge in [0.15, 0.2) is 6.10 Å². The molecule has 8 heteroatoms. The summed E-state index contributed by atoms with van der Waals surface area (Å²) in [4.78, 5) is 21.9. The quantitative estimate of drug-likeness (QED) is 0.493. The van der Waals surface area contributed by atoms with Crippen LogP contribution in [0.1, 0.15) is 12.5 Å². The standard InChI is InChI=1S/C16H14ClN3O4/c1-11(24-15-8-4-13(17)5-9-15)16(21)19-18-10-12-2-6-14(7-3-12)20(22)23/h2-11H,1H3,(H,19,21)/b18-10+. The molecule has 0 aliphatic heterocycles. The van der Waals surface area contributed by atoms with Crippen LogP contribution in [0.25, 0.3) is 0 Å². The number of rotatable bonds is 6. The van der Waals surface area contributed by atoms with E-state index in [0.29, 0.717) is 16.3 Å². The summed E-state index contributed by atoms with van der Waals surface area (Å²) in [6.45, 7) is 1.59. The molecule has 1 N–H and O–H groups in total. The molecule has 0 saturated heterocycles. The van der Waals surface area contributed by atoms with Crippen molar-refractivity contribution >= 4 is 29.4 Å². The summed E-state index contributed by atoms with van der Waals surface area (Å²) in [6.07, 6.45) is 0.636. The Morgan fingerprint density at radius 2 is 1.88 bits per heavy atom. The van der Waals surface area contributed by atoms with E-state index in [1.807, 2.05) is 0 Å². The second-order valence-electron chi connectivity index (χ2n) is 4.80. The molecule has 0 aliphatic rings. The van der Waals surface area contributed by atoms with Crippen LogP contribution in [0.3, 0.4) is 0 Å². The fraction of sp³-hybridized carbons (Fsp3) is 0.125. The largest absolute Gasteiger partial charge is 0.481 e. The molecule has 1 atom stereocenters. The van der Waals surface area contributed by atoms with Gasteiger partial charge >= 0.3 is 0 Å². The van der Waals surface area contributed by atoms with Crippen molar-refractivity contribution < 1.29 is 14.5 Å². The first kappa shape index (κ1) is 17.4. The van der Waals surface area contributed by atoms with Crippen LogP contribution in [0.15, 0.2) is 53.6 Å². The zero-order valence-corrected chi connectivity index (χ0v) is 13.4. The topological polar surface area (TPSA) is 93.8 Å². The number of hydrogen-bond donors (Lipinski definition) is 1. The molecule has 7 nitrogen and oxygen atoms in total. The van der Waals surface area contributed by atoms with Crippen molar-refractivity contribution in [2.24, 2.45) is 5.10 Å². The smallest absolute Gasteiger partial charge is 0.280 e. The Bertz CT molecular complexity index is 745. The van der Waals surface area contributed by atoms with E-state index >= 15 is 0 Å². The van der Waals surface area contributed by atoms with Gasteiger partial charge in [-0.1, -0.05) is 11.6 Å². The fourth-order valence-electron chi connectivity index (χ4n) is 1.71. The molecule has 0 fully saturated rings. The van der Waals surface area contributed by atoms with E-state index in [-0.39, 0.29) is 5.69 Å². The molecule has 2 rings (SSSR count). The van der Waals surface area contributed by atoms with Crippen molar-refractivity contribution in [3.05, 3.63) is 69.2 Å².